The first kappa shape index (κ1) is 12.7. The second-order valence-corrected chi connectivity index (χ2v) is 5.18. The zero-order chi connectivity index (χ0) is 14.3. The molecule has 0 aliphatic carbocycles. The van der Waals surface area contributed by atoms with Gasteiger partial charge in [-0.05, 0) is 26.0 Å². The minimum atomic E-state index is 0.0225. The number of carbonyl (C=O) groups excluding carboxylic acids is 1. The van der Waals surface area contributed by atoms with Crippen LogP contribution in [-0.2, 0) is 0 Å². The number of aromatic amines is 1. The van der Waals surface area contributed by atoms with Crippen LogP contribution in [0.15, 0.2) is 24.3 Å². The monoisotopic (exact) mass is 270 g/mol. The summed E-state index contributed by atoms with van der Waals surface area (Å²) >= 11 is 0. The van der Waals surface area contributed by atoms with Crippen LogP contribution in [-0.4, -0.2) is 36.2 Å². The lowest BCUT2D eigenvalue weighted by atomic mass is 10.1. The highest BCUT2D eigenvalue weighted by molar-refractivity contribution is 6.09. The molecular weight excluding hydrogens is 252 g/mol. The van der Waals surface area contributed by atoms with Gasteiger partial charge in [0, 0.05) is 25.8 Å². The van der Waals surface area contributed by atoms with Gasteiger partial charge in [0.05, 0.1) is 22.6 Å². The van der Waals surface area contributed by atoms with Crippen molar-refractivity contribution in [2.75, 3.05) is 29.9 Å². The minimum Gasteiger partial charge on any atom is -0.371 e. The molecule has 0 unspecified atom stereocenters. The van der Waals surface area contributed by atoms with Gasteiger partial charge < -0.3 is 9.80 Å². The fourth-order valence-corrected chi connectivity index (χ4v) is 2.72. The summed E-state index contributed by atoms with van der Waals surface area (Å²) in [6, 6.07) is 8.00. The zero-order valence-electron chi connectivity index (χ0n) is 12.0. The van der Waals surface area contributed by atoms with E-state index >= 15 is 0 Å². The molecule has 0 spiro atoms. The summed E-state index contributed by atoms with van der Waals surface area (Å²) in [6.45, 7) is 5.27. The van der Waals surface area contributed by atoms with E-state index in [1.165, 1.54) is 0 Å². The number of amides is 1. The Morgan fingerprint density at radius 3 is 2.55 bits per heavy atom. The number of nitrogens with zero attached hydrogens (tertiary/aromatic N) is 3. The molecule has 1 aromatic heterocycles. The van der Waals surface area contributed by atoms with Gasteiger partial charge in [-0.25, -0.2) is 0 Å². The first-order valence-electron chi connectivity index (χ1n) is 6.73. The Bertz CT molecular complexity index is 642. The second-order valence-electron chi connectivity index (χ2n) is 5.18. The maximum absolute atomic E-state index is 12.8. The number of anilines is 2. The number of likely N-dealkylation sites (N-methyl/N-ethyl adjacent to an activating group) is 1. The number of fused-ring (bicyclic) bond motifs is 1. The Morgan fingerprint density at radius 2 is 1.90 bits per heavy atom. The second kappa shape index (κ2) is 4.67. The molecule has 5 nitrogen and oxygen atoms in total. The minimum absolute atomic E-state index is 0.0225. The maximum Gasteiger partial charge on any atom is 0.262 e. The zero-order valence-corrected chi connectivity index (χ0v) is 12.0. The van der Waals surface area contributed by atoms with E-state index in [1.807, 2.05) is 43.0 Å². The number of hydrogen-bond acceptors (Lipinski definition) is 3. The van der Waals surface area contributed by atoms with Crippen molar-refractivity contribution in [3.05, 3.63) is 41.2 Å². The topological polar surface area (TPSA) is 52.2 Å². The maximum atomic E-state index is 12.8. The van der Waals surface area contributed by atoms with Gasteiger partial charge in [-0.1, -0.05) is 12.1 Å². The smallest absolute Gasteiger partial charge is 0.262 e. The first-order chi connectivity index (χ1) is 9.59. The molecule has 1 aliphatic rings. The molecular formula is C15H18N4O. The number of para-hydroxylation sites is 2. The van der Waals surface area contributed by atoms with E-state index in [1.54, 1.807) is 0 Å². The van der Waals surface area contributed by atoms with E-state index in [-0.39, 0.29) is 5.91 Å². The lowest BCUT2D eigenvalue weighted by Gasteiger charge is -2.35. The van der Waals surface area contributed by atoms with E-state index in [2.05, 4.69) is 22.1 Å². The highest BCUT2D eigenvalue weighted by Gasteiger charge is 2.28. The Balaban J connectivity index is 2.04. The number of benzene rings is 1. The summed E-state index contributed by atoms with van der Waals surface area (Å²) in [5, 5.41) is 7.00. The van der Waals surface area contributed by atoms with Crippen LogP contribution in [0, 0.1) is 13.8 Å². The first-order valence-corrected chi connectivity index (χ1v) is 6.73. The van der Waals surface area contributed by atoms with Crippen molar-refractivity contribution >= 4 is 17.3 Å². The quantitative estimate of drug-likeness (QED) is 0.863. The molecule has 0 saturated carbocycles. The number of aryl methyl sites for hydroxylation is 2. The summed E-state index contributed by atoms with van der Waals surface area (Å²) in [7, 11) is 2.05. The molecule has 0 bridgehead atoms. The predicted molar refractivity (Wildman–Crippen MR) is 79.5 cm³/mol. The molecule has 0 radical (unpaired) electrons. The number of nitrogens with one attached hydrogen (secondary N) is 1. The average Bonchev–Trinajstić information content (AvgIpc) is 2.78. The Hall–Kier alpha value is -2.30. The Labute approximate surface area is 118 Å². The predicted octanol–water partition coefficient (Wildman–Crippen LogP) is 2.12. The van der Waals surface area contributed by atoms with Gasteiger partial charge >= 0.3 is 0 Å². The molecule has 0 fully saturated rings. The highest BCUT2D eigenvalue weighted by atomic mass is 16.2. The Kier molecular flexibility index (Phi) is 2.97. The average molecular weight is 270 g/mol. The van der Waals surface area contributed by atoms with E-state index in [0.717, 1.165) is 29.3 Å². The standard InChI is InChI=1S/C15H18N4O/c1-10-14(11(2)17-16-10)15(20)19-9-8-18(3)12-6-4-5-7-13(12)19/h4-7H,8-9H2,1-3H3,(H,16,17). The molecule has 20 heavy (non-hydrogen) atoms. The van der Waals surface area contributed by atoms with Gasteiger partial charge in [0.1, 0.15) is 0 Å². The molecule has 104 valence electrons. The number of carbonyl (C=O) groups is 1. The number of rotatable bonds is 1. The SMILES string of the molecule is Cc1n[nH]c(C)c1C(=O)N1CCN(C)c2ccccc21. The third-order valence-corrected chi connectivity index (χ3v) is 3.83. The third kappa shape index (κ3) is 1.86. The van der Waals surface area contributed by atoms with E-state index in [9.17, 15) is 4.79 Å². The van der Waals surface area contributed by atoms with Crippen LogP contribution in [0.4, 0.5) is 11.4 Å². The van der Waals surface area contributed by atoms with E-state index in [0.29, 0.717) is 12.1 Å². The molecule has 2 aromatic rings. The van der Waals surface area contributed by atoms with E-state index < -0.39 is 0 Å². The van der Waals surface area contributed by atoms with E-state index in [4.69, 9.17) is 0 Å². The largest absolute Gasteiger partial charge is 0.371 e. The molecule has 1 aromatic carbocycles. The summed E-state index contributed by atoms with van der Waals surface area (Å²) in [6.07, 6.45) is 0. The van der Waals surface area contributed by atoms with Crippen molar-refractivity contribution in [1.82, 2.24) is 10.2 Å². The van der Waals surface area contributed by atoms with Crippen molar-refractivity contribution < 1.29 is 4.79 Å². The van der Waals surface area contributed by atoms with Crippen LogP contribution >= 0.6 is 0 Å². The Morgan fingerprint density at radius 1 is 1.20 bits per heavy atom. The lowest BCUT2D eigenvalue weighted by molar-refractivity contribution is 0.0985. The highest BCUT2D eigenvalue weighted by Crippen LogP contribution is 2.33. The molecule has 1 aliphatic heterocycles. The molecule has 1 N–H and O–H groups in total. The summed E-state index contributed by atoms with van der Waals surface area (Å²) in [5.74, 6) is 0.0225. The third-order valence-electron chi connectivity index (χ3n) is 3.83. The normalized spacial score (nSPS) is 14.3. The summed E-state index contributed by atoms with van der Waals surface area (Å²) in [4.78, 5) is 16.8. The fraction of sp³-hybridized carbons (Fsp3) is 0.333. The van der Waals surface area contributed by atoms with Gasteiger partial charge in [-0.3, -0.25) is 9.89 Å². The van der Waals surface area contributed by atoms with Crippen molar-refractivity contribution in [2.24, 2.45) is 0 Å². The molecule has 1 amide bonds. The van der Waals surface area contributed by atoms with Crippen molar-refractivity contribution in [1.29, 1.82) is 0 Å². The molecule has 2 heterocycles. The van der Waals surface area contributed by atoms with Crippen LogP contribution < -0.4 is 9.80 Å². The van der Waals surface area contributed by atoms with Crippen molar-refractivity contribution in [2.45, 2.75) is 13.8 Å². The fourth-order valence-electron chi connectivity index (χ4n) is 2.72. The number of H-pyrrole nitrogens is 1. The molecule has 3 rings (SSSR count). The van der Waals surface area contributed by atoms with Crippen molar-refractivity contribution in [3.8, 4) is 0 Å². The van der Waals surface area contributed by atoms with Crippen LogP contribution in [0.2, 0.25) is 0 Å². The summed E-state index contributed by atoms with van der Waals surface area (Å²) in [5.41, 5.74) is 4.31. The van der Waals surface area contributed by atoms with Crippen molar-refractivity contribution in [3.63, 3.8) is 0 Å². The van der Waals surface area contributed by atoms with Gasteiger partial charge in [-0.2, -0.15) is 5.10 Å². The molecule has 0 saturated heterocycles. The van der Waals surface area contributed by atoms with Crippen LogP contribution in [0.25, 0.3) is 0 Å². The van der Waals surface area contributed by atoms with Gasteiger partial charge in [0.15, 0.2) is 0 Å². The van der Waals surface area contributed by atoms with Crippen LogP contribution in [0.1, 0.15) is 21.7 Å². The van der Waals surface area contributed by atoms with Gasteiger partial charge in [-0.15, -0.1) is 0 Å². The number of aromatic nitrogens is 2. The lowest BCUT2D eigenvalue weighted by Crippen LogP contribution is -2.43. The van der Waals surface area contributed by atoms with Crippen LogP contribution in [0.3, 0.4) is 0 Å². The van der Waals surface area contributed by atoms with Crippen LogP contribution in [0.5, 0.6) is 0 Å². The van der Waals surface area contributed by atoms with Gasteiger partial charge in [0.2, 0.25) is 0 Å². The summed E-state index contributed by atoms with van der Waals surface area (Å²) < 4.78 is 0. The van der Waals surface area contributed by atoms with Gasteiger partial charge in [0.25, 0.3) is 5.91 Å². The number of hydrogen-bond donors (Lipinski definition) is 1. The molecule has 5 heteroatoms. The molecule has 0 atom stereocenters.